The molecule has 2 fully saturated rings. The second kappa shape index (κ2) is 15.9. The summed E-state index contributed by atoms with van der Waals surface area (Å²) in [5, 5.41) is 0. The SMILES string of the molecule is CCOCCn1c(N2CCCN(CCC3(c4ccccc4)CCN(C(=O)c4cc(OCC(C)=O)ccc4OC)C3)CC2)nc2ccccc21. The van der Waals surface area contributed by atoms with Crippen LogP contribution in [0.25, 0.3) is 11.0 Å². The number of hydrogen-bond donors (Lipinski definition) is 0. The third kappa shape index (κ3) is 7.92. The summed E-state index contributed by atoms with van der Waals surface area (Å²) in [7, 11) is 1.57. The molecule has 1 amide bonds. The monoisotopic (exact) mass is 667 g/mol. The number of anilines is 1. The van der Waals surface area contributed by atoms with Gasteiger partial charge >= 0.3 is 0 Å². The van der Waals surface area contributed by atoms with Gasteiger partial charge < -0.3 is 33.5 Å². The summed E-state index contributed by atoms with van der Waals surface area (Å²) >= 11 is 0. The summed E-state index contributed by atoms with van der Waals surface area (Å²) in [6.07, 6.45) is 2.89. The van der Waals surface area contributed by atoms with Crippen molar-refractivity contribution in [2.45, 2.75) is 45.1 Å². The molecule has 2 saturated heterocycles. The third-order valence-corrected chi connectivity index (χ3v) is 9.95. The zero-order valence-electron chi connectivity index (χ0n) is 29.1. The second-order valence-corrected chi connectivity index (χ2v) is 13.2. The Hall–Kier alpha value is -4.41. The normalized spacial score (nSPS) is 18.5. The van der Waals surface area contributed by atoms with E-state index in [4.69, 9.17) is 19.2 Å². The van der Waals surface area contributed by atoms with Crippen LogP contribution in [0, 0.1) is 0 Å². The molecule has 2 aliphatic rings. The Morgan fingerprint density at radius 3 is 2.53 bits per heavy atom. The number of aromatic nitrogens is 2. The Kier molecular flexibility index (Phi) is 11.2. The number of para-hydroxylation sites is 2. The van der Waals surface area contributed by atoms with Crippen LogP contribution in [-0.4, -0.2) is 104 Å². The third-order valence-electron chi connectivity index (χ3n) is 9.95. The number of Topliss-reactive ketones (excluding diaryl/α,β-unsaturated/α-hetero) is 1. The molecule has 0 saturated carbocycles. The predicted octanol–water partition coefficient (Wildman–Crippen LogP) is 5.44. The van der Waals surface area contributed by atoms with Crippen LogP contribution in [0.2, 0.25) is 0 Å². The van der Waals surface area contributed by atoms with Crippen molar-refractivity contribution in [3.05, 3.63) is 83.9 Å². The fourth-order valence-corrected chi connectivity index (χ4v) is 7.31. The Balaban J connectivity index is 1.15. The van der Waals surface area contributed by atoms with Gasteiger partial charge in [0, 0.05) is 51.3 Å². The van der Waals surface area contributed by atoms with E-state index in [9.17, 15) is 9.59 Å². The Morgan fingerprint density at radius 2 is 1.73 bits per heavy atom. The van der Waals surface area contributed by atoms with Crippen molar-refractivity contribution in [2.75, 3.05) is 77.6 Å². The first kappa shape index (κ1) is 34.5. The molecule has 3 heterocycles. The van der Waals surface area contributed by atoms with Gasteiger partial charge in [0.05, 0.1) is 30.3 Å². The maximum absolute atomic E-state index is 14.0. The molecule has 1 atom stereocenters. The van der Waals surface area contributed by atoms with E-state index in [0.29, 0.717) is 43.4 Å². The average molecular weight is 668 g/mol. The largest absolute Gasteiger partial charge is 0.496 e. The molecule has 2 aliphatic heterocycles. The van der Waals surface area contributed by atoms with E-state index in [1.807, 2.05) is 11.8 Å². The number of ether oxygens (including phenoxy) is 3. The van der Waals surface area contributed by atoms with Crippen LogP contribution < -0.4 is 14.4 Å². The lowest BCUT2D eigenvalue weighted by atomic mass is 9.76. The summed E-state index contributed by atoms with van der Waals surface area (Å²) in [6, 6.07) is 24.2. The number of carbonyl (C=O) groups is 2. The molecule has 4 aromatic rings. The Morgan fingerprint density at radius 1 is 0.918 bits per heavy atom. The van der Waals surface area contributed by atoms with Crippen molar-refractivity contribution in [2.24, 2.45) is 0 Å². The van der Waals surface area contributed by atoms with Gasteiger partial charge in [0.2, 0.25) is 5.95 Å². The van der Waals surface area contributed by atoms with Crippen LogP contribution >= 0.6 is 0 Å². The van der Waals surface area contributed by atoms with Gasteiger partial charge in [-0.1, -0.05) is 42.5 Å². The predicted molar refractivity (Wildman–Crippen MR) is 192 cm³/mol. The van der Waals surface area contributed by atoms with Gasteiger partial charge in [-0.25, -0.2) is 4.98 Å². The highest BCUT2D eigenvalue weighted by Gasteiger charge is 2.42. The number of rotatable bonds is 14. The van der Waals surface area contributed by atoms with Crippen molar-refractivity contribution in [3.63, 3.8) is 0 Å². The van der Waals surface area contributed by atoms with Crippen molar-refractivity contribution in [1.29, 1.82) is 0 Å². The molecule has 0 spiro atoms. The van der Waals surface area contributed by atoms with Crippen molar-refractivity contribution in [3.8, 4) is 11.5 Å². The lowest BCUT2D eigenvalue weighted by molar-refractivity contribution is -0.118. The highest BCUT2D eigenvalue weighted by atomic mass is 16.5. The summed E-state index contributed by atoms with van der Waals surface area (Å²) in [4.78, 5) is 37.6. The first-order chi connectivity index (χ1) is 23.9. The molecule has 6 rings (SSSR count). The smallest absolute Gasteiger partial charge is 0.257 e. The number of imidazole rings is 1. The maximum Gasteiger partial charge on any atom is 0.257 e. The second-order valence-electron chi connectivity index (χ2n) is 13.2. The summed E-state index contributed by atoms with van der Waals surface area (Å²) in [6.45, 7) is 11.7. The van der Waals surface area contributed by atoms with Crippen LogP contribution in [0.3, 0.4) is 0 Å². The number of benzene rings is 3. The van der Waals surface area contributed by atoms with Gasteiger partial charge in [0.1, 0.15) is 18.1 Å². The van der Waals surface area contributed by atoms with Crippen LogP contribution in [0.15, 0.2) is 72.8 Å². The van der Waals surface area contributed by atoms with E-state index in [1.54, 1.807) is 25.3 Å². The van der Waals surface area contributed by atoms with E-state index in [1.165, 1.54) is 12.5 Å². The molecular weight excluding hydrogens is 618 g/mol. The molecule has 3 aromatic carbocycles. The zero-order valence-corrected chi connectivity index (χ0v) is 29.1. The Labute approximate surface area is 289 Å². The molecule has 260 valence electrons. The van der Waals surface area contributed by atoms with Crippen LogP contribution in [0.5, 0.6) is 11.5 Å². The zero-order chi connectivity index (χ0) is 34.2. The van der Waals surface area contributed by atoms with Gasteiger partial charge in [-0.2, -0.15) is 0 Å². The summed E-state index contributed by atoms with van der Waals surface area (Å²) in [5.41, 5.74) is 3.73. The number of hydrogen-bond acceptors (Lipinski definition) is 8. The highest BCUT2D eigenvalue weighted by Crippen LogP contribution is 2.39. The van der Waals surface area contributed by atoms with E-state index in [0.717, 1.165) is 75.5 Å². The molecule has 1 unspecified atom stereocenters. The number of likely N-dealkylation sites (tertiary alicyclic amines) is 1. The number of nitrogens with zero attached hydrogens (tertiary/aromatic N) is 5. The van der Waals surface area contributed by atoms with Gasteiger partial charge in [-0.05, 0) is 82.1 Å². The fraction of sp³-hybridized carbons (Fsp3) is 0.462. The van der Waals surface area contributed by atoms with Crippen molar-refractivity contribution >= 4 is 28.7 Å². The minimum atomic E-state index is -0.161. The number of amides is 1. The highest BCUT2D eigenvalue weighted by molar-refractivity contribution is 5.97. The van der Waals surface area contributed by atoms with Crippen LogP contribution in [-0.2, 0) is 21.5 Å². The first-order valence-electron chi connectivity index (χ1n) is 17.6. The molecule has 0 aliphatic carbocycles. The topological polar surface area (TPSA) is 89.4 Å². The summed E-state index contributed by atoms with van der Waals surface area (Å²) in [5.74, 6) is 1.84. The lowest BCUT2D eigenvalue weighted by Crippen LogP contribution is -2.39. The molecule has 0 bridgehead atoms. The van der Waals surface area contributed by atoms with Crippen LogP contribution in [0.1, 0.15) is 49.0 Å². The quantitative estimate of drug-likeness (QED) is 0.165. The standard InChI is InChI=1S/C39H49N5O5/c1-4-48-26-25-44-35-14-9-8-13-34(35)40-38(44)42-20-10-19-41(23-24-42)21-17-39(31-11-6-5-7-12-31)18-22-43(29-39)37(46)33-27-32(49-28-30(2)45)15-16-36(33)47-3/h5-9,11-16,27H,4,10,17-26,28-29H2,1-3H3. The maximum atomic E-state index is 14.0. The molecule has 10 nitrogen and oxygen atoms in total. The van der Waals surface area contributed by atoms with E-state index < -0.39 is 0 Å². The number of methoxy groups -OCH3 is 1. The van der Waals surface area contributed by atoms with Crippen molar-refractivity contribution in [1.82, 2.24) is 19.4 Å². The van der Waals surface area contributed by atoms with Gasteiger partial charge in [0.15, 0.2) is 5.78 Å². The molecule has 49 heavy (non-hydrogen) atoms. The van der Waals surface area contributed by atoms with Gasteiger partial charge in [0.25, 0.3) is 5.91 Å². The number of fused-ring (bicyclic) bond motifs is 1. The van der Waals surface area contributed by atoms with Gasteiger partial charge in [-0.3, -0.25) is 9.59 Å². The molecule has 0 radical (unpaired) electrons. The minimum absolute atomic E-state index is 0.0387. The van der Waals surface area contributed by atoms with Gasteiger partial charge in [-0.15, -0.1) is 0 Å². The molecule has 10 heteroatoms. The first-order valence-corrected chi connectivity index (χ1v) is 17.6. The van der Waals surface area contributed by atoms with E-state index in [-0.39, 0.29) is 23.7 Å². The van der Waals surface area contributed by atoms with Crippen LogP contribution in [0.4, 0.5) is 5.95 Å². The number of carbonyl (C=O) groups excluding carboxylic acids is 2. The van der Waals surface area contributed by atoms with E-state index in [2.05, 4.69) is 69.0 Å². The van der Waals surface area contributed by atoms with E-state index >= 15 is 0 Å². The summed E-state index contributed by atoms with van der Waals surface area (Å²) < 4.78 is 19.2. The average Bonchev–Trinajstić information content (AvgIpc) is 3.65. The number of ketones is 1. The van der Waals surface area contributed by atoms with Crippen molar-refractivity contribution < 1.29 is 23.8 Å². The molecular formula is C39H49N5O5. The molecule has 0 N–H and O–H groups in total. The lowest BCUT2D eigenvalue weighted by Gasteiger charge is -2.33. The minimum Gasteiger partial charge on any atom is -0.496 e. The fourth-order valence-electron chi connectivity index (χ4n) is 7.31. The Bertz CT molecular complexity index is 1730. The molecule has 1 aromatic heterocycles.